The van der Waals surface area contributed by atoms with Crippen molar-refractivity contribution in [3.63, 3.8) is 0 Å². The number of halogens is 1. The molecule has 0 unspecified atom stereocenters. The molecule has 0 amide bonds. The maximum absolute atomic E-state index is 13.0. The molecule has 6 heteroatoms. The molecule has 158 valence electrons. The monoisotopic (exact) mass is 454 g/mol. The standard InChI is InChI=1S/C22H35BrN2O3/c1-14(2)27-20(26)19(28-21(4,5)6)17-15(3)24-13-16(23)18(17)25-11-9-22(7,8)10-12-25/h13-14,19H,9-12H2,1-8H3/t19-/m0/s1. The second kappa shape index (κ2) is 8.70. The lowest BCUT2D eigenvalue weighted by Gasteiger charge is -2.40. The first kappa shape index (κ1) is 23.1. The minimum absolute atomic E-state index is 0.210. The van der Waals surface area contributed by atoms with Gasteiger partial charge in [0.2, 0.25) is 0 Å². The third-order valence-corrected chi connectivity index (χ3v) is 5.56. The zero-order valence-corrected chi connectivity index (χ0v) is 20.1. The van der Waals surface area contributed by atoms with Gasteiger partial charge in [0.25, 0.3) is 0 Å². The average molecular weight is 455 g/mol. The van der Waals surface area contributed by atoms with Crippen LogP contribution in [0.3, 0.4) is 0 Å². The van der Waals surface area contributed by atoms with Gasteiger partial charge in [0.15, 0.2) is 6.10 Å². The topological polar surface area (TPSA) is 51.7 Å². The van der Waals surface area contributed by atoms with E-state index in [0.29, 0.717) is 5.41 Å². The highest BCUT2D eigenvalue weighted by Gasteiger charge is 2.36. The number of hydrogen-bond acceptors (Lipinski definition) is 5. The SMILES string of the molecule is Cc1ncc(Br)c(N2CCC(C)(C)CC2)c1[C@H](OC(C)(C)C)C(=O)OC(C)C. The Morgan fingerprint density at radius 3 is 2.32 bits per heavy atom. The van der Waals surface area contributed by atoms with Gasteiger partial charge in [-0.2, -0.15) is 0 Å². The van der Waals surface area contributed by atoms with E-state index in [1.807, 2.05) is 47.7 Å². The van der Waals surface area contributed by atoms with E-state index in [0.717, 1.165) is 47.3 Å². The van der Waals surface area contributed by atoms with Gasteiger partial charge in [-0.1, -0.05) is 13.8 Å². The molecule has 0 aromatic carbocycles. The highest BCUT2D eigenvalue weighted by atomic mass is 79.9. The molecule has 0 N–H and O–H groups in total. The Labute approximate surface area is 178 Å². The summed E-state index contributed by atoms with van der Waals surface area (Å²) in [6.45, 7) is 18.0. The molecule has 1 atom stereocenters. The van der Waals surface area contributed by atoms with Crippen LogP contribution >= 0.6 is 15.9 Å². The van der Waals surface area contributed by atoms with Gasteiger partial charge in [0, 0.05) is 30.5 Å². The van der Waals surface area contributed by atoms with Crippen molar-refractivity contribution in [3.8, 4) is 0 Å². The van der Waals surface area contributed by atoms with Crippen molar-refractivity contribution in [3.05, 3.63) is 21.9 Å². The number of ether oxygens (including phenoxy) is 2. The Morgan fingerprint density at radius 2 is 1.82 bits per heavy atom. The second-order valence-corrected chi connectivity index (χ2v) is 10.6. The third-order valence-electron chi connectivity index (χ3n) is 4.98. The van der Waals surface area contributed by atoms with Gasteiger partial charge in [0.05, 0.1) is 21.9 Å². The quantitative estimate of drug-likeness (QED) is 0.542. The smallest absolute Gasteiger partial charge is 0.340 e. The first-order valence-corrected chi connectivity index (χ1v) is 10.9. The fourth-order valence-corrected chi connectivity index (χ4v) is 3.99. The number of anilines is 1. The molecule has 1 saturated heterocycles. The molecular weight excluding hydrogens is 420 g/mol. The zero-order chi connectivity index (χ0) is 21.3. The van der Waals surface area contributed by atoms with Gasteiger partial charge in [-0.15, -0.1) is 0 Å². The van der Waals surface area contributed by atoms with E-state index in [9.17, 15) is 4.79 Å². The molecule has 0 radical (unpaired) electrons. The van der Waals surface area contributed by atoms with Crippen LogP contribution in [0.1, 0.15) is 78.7 Å². The Hall–Kier alpha value is -1.14. The van der Waals surface area contributed by atoms with E-state index in [2.05, 4.69) is 39.7 Å². The number of piperidine rings is 1. The van der Waals surface area contributed by atoms with E-state index in [-0.39, 0.29) is 12.1 Å². The Kier molecular flexibility index (Phi) is 7.19. The lowest BCUT2D eigenvalue weighted by Crippen LogP contribution is -2.39. The molecule has 28 heavy (non-hydrogen) atoms. The summed E-state index contributed by atoms with van der Waals surface area (Å²) in [5, 5.41) is 0. The molecule has 2 rings (SSSR count). The molecule has 5 nitrogen and oxygen atoms in total. The molecule has 2 heterocycles. The molecule has 1 aromatic rings. The lowest BCUT2D eigenvalue weighted by molar-refractivity contribution is -0.171. The van der Waals surface area contributed by atoms with Gasteiger partial charge in [-0.05, 0) is 75.7 Å². The number of rotatable bonds is 5. The number of aryl methyl sites for hydroxylation is 1. The molecule has 1 fully saturated rings. The maximum Gasteiger partial charge on any atom is 0.340 e. The Bertz CT molecular complexity index is 700. The first-order valence-electron chi connectivity index (χ1n) is 10.1. The van der Waals surface area contributed by atoms with Crippen molar-refractivity contribution in [1.82, 2.24) is 4.98 Å². The van der Waals surface area contributed by atoms with Crippen LogP contribution in [-0.4, -0.2) is 35.7 Å². The maximum atomic E-state index is 13.0. The van der Waals surface area contributed by atoms with Crippen LogP contribution < -0.4 is 4.90 Å². The molecule has 1 aliphatic heterocycles. The van der Waals surface area contributed by atoms with Gasteiger partial charge in [-0.3, -0.25) is 4.98 Å². The molecule has 0 aliphatic carbocycles. The fourth-order valence-electron chi connectivity index (χ4n) is 3.43. The van der Waals surface area contributed by atoms with Crippen molar-refractivity contribution < 1.29 is 14.3 Å². The van der Waals surface area contributed by atoms with E-state index in [4.69, 9.17) is 9.47 Å². The van der Waals surface area contributed by atoms with Crippen molar-refractivity contribution in [2.45, 2.75) is 86.0 Å². The second-order valence-electron chi connectivity index (χ2n) is 9.70. The van der Waals surface area contributed by atoms with Crippen molar-refractivity contribution in [2.24, 2.45) is 5.41 Å². The number of carbonyl (C=O) groups is 1. The average Bonchev–Trinajstić information content (AvgIpc) is 2.54. The van der Waals surface area contributed by atoms with Crippen LogP contribution in [0, 0.1) is 12.3 Å². The largest absolute Gasteiger partial charge is 0.461 e. The van der Waals surface area contributed by atoms with Crippen LogP contribution in [0.2, 0.25) is 0 Å². The van der Waals surface area contributed by atoms with Gasteiger partial charge in [-0.25, -0.2) is 4.79 Å². The molecule has 0 spiro atoms. The first-order chi connectivity index (χ1) is 12.8. The summed E-state index contributed by atoms with van der Waals surface area (Å²) in [6.07, 6.45) is 2.98. The summed E-state index contributed by atoms with van der Waals surface area (Å²) >= 11 is 3.68. The highest BCUT2D eigenvalue weighted by molar-refractivity contribution is 9.10. The van der Waals surface area contributed by atoms with E-state index in [1.165, 1.54) is 0 Å². The minimum atomic E-state index is -0.822. The zero-order valence-electron chi connectivity index (χ0n) is 18.6. The Morgan fingerprint density at radius 1 is 1.25 bits per heavy atom. The number of pyridine rings is 1. The summed E-state index contributed by atoms with van der Waals surface area (Å²) in [5.74, 6) is -0.369. The Balaban J connectivity index is 2.53. The number of aromatic nitrogens is 1. The summed E-state index contributed by atoms with van der Waals surface area (Å²) < 4.78 is 12.7. The predicted octanol–water partition coefficient (Wildman–Crippen LogP) is 5.59. The predicted molar refractivity (Wildman–Crippen MR) is 117 cm³/mol. The fraction of sp³-hybridized carbons (Fsp3) is 0.727. The van der Waals surface area contributed by atoms with Crippen molar-refractivity contribution >= 4 is 27.6 Å². The summed E-state index contributed by atoms with van der Waals surface area (Å²) in [4.78, 5) is 19.9. The van der Waals surface area contributed by atoms with Crippen LogP contribution in [0.4, 0.5) is 5.69 Å². The summed E-state index contributed by atoms with van der Waals surface area (Å²) in [6, 6.07) is 0. The molecule has 0 saturated carbocycles. The van der Waals surface area contributed by atoms with Gasteiger partial charge >= 0.3 is 5.97 Å². The summed E-state index contributed by atoms with van der Waals surface area (Å²) in [5.41, 5.74) is 2.42. The molecular formula is C22H35BrN2O3. The molecule has 1 aromatic heterocycles. The normalized spacial score (nSPS) is 18.3. The molecule has 0 bridgehead atoms. The van der Waals surface area contributed by atoms with Gasteiger partial charge < -0.3 is 14.4 Å². The number of esters is 1. The van der Waals surface area contributed by atoms with E-state index < -0.39 is 11.7 Å². The van der Waals surface area contributed by atoms with Crippen LogP contribution in [0.15, 0.2) is 10.7 Å². The number of nitrogens with zero attached hydrogens (tertiary/aromatic N) is 2. The van der Waals surface area contributed by atoms with Crippen LogP contribution in [-0.2, 0) is 14.3 Å². The van der Waals surface area contributed by atoms with Crippen molar-refractivity contribution in [1.29, 1.82) is 0 Å². The van der Waals surface area contributed by atoms with E-state index in [1.54, 1.807) is 0 Å². The molecule has 1 aliphatic rings. The van der Waals surface area contributed by atoms with E-state index >= 15 is 0 Å². The number of carbonyl (C=O) groups excluding carboxylic acids is 1. The van der Waals surface area contributed by atoms with Crippen LogP contribution in [0.5, 0.6) is 0 Å². The highest BCUT2D eigenvalue weighted by Crippen LogP contribution is 2.42. The van der Waals surface area contributed by atoms with Crippen molar-refractivity contribution in [2.75, 3.05) is 18.0 Å². The van der Waals surface area contributed by atoms with Gasteiger partial charge in [0.1, 0.15) is 0 Å². The number of hydrogen-bond donors (Lipinski definition) is 0. The third kappa shape index (κ3) is 5.93. The summed E-state index contributed by atoms with van der Waals surface area (Å²) in [7, 11) is 0. The minimum Gasteiger partial charge on any atom is -0.461 e. The van der Waals surface area contributed by atoms with Crippen LogP contribution in [0.25, 0.3) is 0 Å². The lowest BCUT2D eigenvalue weighted by atomic mass is 9.82.